The molecule has 1 aromatic heterocycles. The van der Waals surface area contributed by atoms with Crippen LogP contribution in [0.3, 0.4) is 0 Å². The summed E-state index contributed by atoms with van der Waals surface area (Å²) in [4.78, 5) is 33.0. The first kappa shape index (κ1) is 22.2. The van der Waals surface area contributed by atoms with Crippen molar-refractivity contribution in [2.75, 3.05) is 26.5 Å². The van der Waals surface area contributed by atoms with E-state index in [4.69, 9.17) is 14.5 Å². The lowest BCUT2D eigenvalue weighted by Crippen LogP contribution is -2.43. The Kier molecular flexibility index (Phi) is 6.69. The maximum atomic E-state index is 13.4. The summed E-state index contributed by atoms with van der Waals surface area (Å²) in [5.74, 6) is 1.38. The molecule has 2 aromatic carbocycles. The molecule has 1 aliphatic heterocycles. The molecule has 2 heterocycles. The second-order valence-electron chi connectivity index (χ2n) is 7.81. The zero-order chi connectivity index (χ0) is 22.7. The Balaban J connectivity index is 1.74. The van der Waals surface area contributed by atoms with Crippen LogP contribution in [-0.2, 0) is 4.79 Å². The van der Waals surface area contributed by atoms with Crippen molar-refractivity contribution in [1.82, 2.24) is 14.5 Å². The van der Waals surface area contributed by atoms with Gasteiger partial charge in [-0.3, -0.25) is 14.2 Å². The fourth-order valence-electron chi connectivity index (χ4n) is 4.08. The predicted molar refractivity (Wildman–Crippen MR) is 126 cm³/mol. The Morgan fingerprint density at radius 3 is 2.66 bits per heavy atom. The highest BCUT2D eigenvalue weighted by Crippen LogP contribution is 2.31. The fourth-order valence-corrected chi connectivity index (χ4v) is 4.98. The topological polar surface area (TPSA) is 73.7 Å². The van der Waals surface area contributed by atoms with Crippen LogP contribution in [0.15, 0.2) is 52.4 Å². The highest BCUT2D eigenvalue weighted by Gasteiger charge is 2.24. The molecule has 0 N–H and O–H groups in total. The van der Waals surface area contributed by atoms with Gasteiger partial charge in [-0.2, -0.15) is 0 Å². The standard InChI is InChI=1S/C24H27N3O4S/c1-16-8-6-7-13-26(16)22(28)15-32-24-25-19-10-5-4-9-18(19)23(29)27(24)17-11-12-20(30-2)21(14-17)31-3/h4-5,9-12,14,16H,6-8,13,15H2,1-3H3/t16-/m1/s1. The third-order valence-corrected chi connectivity index (χ3v) is 6.74. The highest BCUT2D eigenvalue weighted by atomic mass is 32.2. The van der Waals surface area contributed by atoms with Crippen LogP contribution in [0, 0.1) is 0 Å². The number of rotatable bonds is 6. The van der Waals surface area contributed by atoms with Gasteiger partial charge in [0.25, 0.3) is 5.56 Å². The zero-order valence-corrected chi connectivity index (χ0v) is 19.4. The lowest BCUT2D eigenvalue weighted by atomic mass is 10.0. The minimum absolute atomic E-state index is 0.0727. The van der Waals surface area contributed by atoms with Crippen molar-refractivity contribution >= 4 is 28.6 Å². The van der Waals surface area contributed by atoms with E-state index in [-0.39, 0.29) is 23.3 Å². The fraction of sp³-hybridized carbons (Fsp3) is 0.375. The summed E-state index contributed by atoms with van der Waals surface area (Å²) in [6.07, 6.45) is 3.22. The number of hydrogen-bond donors (Lipinski definition) is 0. The van der Waals surface area contributed by atoms with Crippen molar-refractivity contribution in [3.05, 3.63) is 52.8 Å². The monoisotopic (exact) mass is 453 g/mol. The van der Waals surface area contributed by atoms with Crippen molar-refractivity contribution in [1.29, 1.82) is 0 Å². The number of para-hydroxylation sites is 1. The second-order valence-corrected chi connectivity index (χ2v) is 8.75. The van der Waals surface area contributed by atoms with Gasteiger partial charge in [0, 0.05) is 18.7 Å². The Labute approximate surface area is 191 Å². The van der Waals surface area contributed by atoms with Gasteiger partial charge in [-0.1, -0.05) is 23.9 Å². The van der Waals surface area contributed by atoms with E-state index < -0.39 is 0 Å². The van der Waals surface area contributed by atoms with Gasteiger partial charge in [0.1, 0.15) is 0 Å². The third kappa shape index (κ3) is 4.32. The summed E-state index contributed by atoms with van der Waals surface area (Å²) < 4.78 is 12.3. The van der Waals surface area contributed by atoms with E-state index in [1.807, 2.05) is 23.1 Å². The lowest BCUT2D eigenvalue weighted by Gasteiger charge is -2.33. The van der Waals surface area contributed by atoms with Gasteiger partial charge in [0.2, 0.25) is 5.91 Å². The van der Waals surface area contributed by atoms with Crippen LogP contribution in [0.2, 0.25) is 0 Å². The van der Waals surface area contributed by atoms with Gasteiger partial charge in [0.05, 0.1) is 36.6 Å². The van der Waals surface area contributed by atoms with Crippen molar-refractivity contribution in [2.45, 2.75) is 37.4 Å². The number of hydrogen-bond acceptors (Lipinski definition) is 6. The molecule has 0 unspecified atom stereocenters. The molecule has 1 atom stereocenters. The minimum Gasteiger partial charge on any atom is -0.493 e. The molecular weight excluding hydrogens is 426 g/mol. The van der Waals surface area contributed by atoms with E-state index in [0.717, 1.165) is 25.8 Å². The minimum atomic E-state index is -0.191. The Morgan fingerprint density at radius 2 is 1.91 bits per heavy atom. The predicted octanol–water partition coefficient (Wildman–Crippen LogP) is 3.90. The molecule has 1 saturated heterocycles. The van der Waals surface area contributed by atoms with Gasteiger partial charge in [-0.25, -0.2) is 4.98 Å². The van der Waals surface area contributed by atoms with E-state index >= 15 is 0 Å². The SMILES string of the molecule is COc1ccc(-n2c(SCC(=O)N3CCCC[C@H]3C)nc3ccccc3c2=O)cc1OC. The average Bonchev–Trinajstić information content (AvgIpc) is 2.82. The van der Waals surface area contributed by atoms with E-state index in [1.165, 1.54) is 11.8 Å². The van der Waals surface area contributed by atoms with Crippen molar-refractivity contribution < 1.29 is 14.3 Å². The van der Waals surface area contributed by atoms with E-state index in [0.29, 0.717) is 33.2 Å². The largest absolute Gasteiger partial charge is 0.493 e. The maximum Gasteiger partial charge on any atom is 0.266 e. The lowest BCUT2D eigenvalue weighted by molar-refractivity contribution is -0.131. The molecule has 4 rings (SSSR count). The molecule has 0 bridgehead atoms. The molecule has 7 nitrogen and oxygen atoms in total. The Morgan fingerprint density at radius 1 is 1.12 bits per heavy atom. The van der Waals surface area contributed by atoms with Crippen LogP contribution in [0.25, 0.3) is 16.6 Å². The van der Waals surface area contributed by atoms with E-state index in [1.54, 1.807) is 43.1 Å². The van der Waals surface area contributed by atoms with Gasteiger partial charge < -0.3 is 14.4 Å². The van der Waals surface area contributed by atoms with E-state index in [2.05, 4.69) is 6.92 Å². The quantitative estimate of drug-likeness (QED) is 0.416. The van der Waals surface area contributed by atoms with Crippen LogP contribution >= 0.6 is 11.8 Å². The molecule has 1 fully saturated rings. The molecular formula is C24H27N3O4S. The number of fused-ring (bicyclic) bond motifs is 1. The van der Waals surface area contributed by atoms with Crippen LogP contribution in [0.4, 0.5) is 0 Å². The summed E-state index contributed by atoms with van der Waals surface area (Å²) in [5, 5.41) is 0.988. The van der Waals surface area contributed by atoms with Crippen molar-refractivity contribution in [3.8, 4) is 17.2 Å². The first-order chi connectivity index (χ1) is 15.5. The summed E-state index contributed by atoms with van der Waals surface area (Å²) in [6.45, 7) is 2.88. The number of piperidine rings is 1. The first-order valence-corrected chi connectivity index (χ1v) is 11.7. The number of aromatic nitrogens is 2. The highest BCUT2D eigenvalue weighted by molar-refractivity contribution is 7.99. The third-order valence-electron chi connectivity index (χ3n) is 5.82. The Hall–Kier alpha value is -3.00. The number of thioether (sulfide) groups is 1. The van der Waals surface area contributed by atoms with Crippen molar-refractivity contribution in [3.63, 3.8) is 0 Å². The number of likely N-dealkylation sites (tertiary alicyclic amines) is 1. The summed E-state index contributed by atoms with van der Waals surface area (Å²) in [6, 6.07) is 12.8. The maximum absolute atomic E-state index is 13.4. The van der Waals surface area contributed by atoms with Gasteiger partial charge in [-0.05, 0) is 50.5 Å². The number of methoxy groups -OCH3 is 2. The second kappa shape index (κ2) is 9.65. The molecule has 3 aromatic rings. The number of nitrogens with zero attached hydrogens (tertiary/aromatic N) is 3. The molecule has 1 amide bonds. The normalized spacial score (nSPS) is 16.2. The number of carbonyl (C=O) groups is 1. The summed E-state index contributed by atoms with van der Waals surface area (Å²) >= 11 is 1.29. The van der Waals surface area contributed by atoms with Gasteiger partial charge in [0.15, 0.2) is 16.7 Å². The number of ether oxygens (including phenoxy) is 2. The molecule has 0 aliphatic carbocycles. The van der Waals surface area contributed by atoms with Crippen LogP contribution in [-0.4, -0.2) is 52.9 Å². The number of amides is 1. The average molecular weight is 454 g/mol. The molecule has 32 heavy (non-hydrogen) atoms. The first-order valence-electron chi connectivity index (χ1n) is 10.7. The van der Waals surface area contributed by atoms with Gasteiger partial charge in [-0.15, -0.1) is 0 Å². The van der Waals surface area contributed by atoms with Crippen LogP contribution in [0.1, 0.15) is 26.2 Å². The van der Waals surface area contributed by atoms with Gasteiger partial charge >= 0.3 is 0 Å². The van der Waals surface area contributed by atoms with Crippen molar-refractivity contribution in [2.24, 2.45) is 0 Å². The number of carbonyl (C=O) groups excluding carboxylic acids is 1. The molecule has 8 heteroatoms. The van der Waals surface area contributed by atoms with Crippen LogP contribution in [0.5, 0.6) is 11.5 Å². The molecule has 0 radical (unpaired) electrons. The number of benzene rings is 2. The smallest absolute Gasteiger partial charge is 0.266 e. The summed E-state index contributed by atoms with van der Waals surface area (Å²) in [7, 11) is 3.12. The zero-order valence-electron chi connectivity index (χ0n) is 18.5. The van der Waals surface area contributed by atoms with E-state index in [9.17, 15) is 9.59 Å². The Bertz CT molecular complexity index is 1190. The molecule has 1 aliphatic rings. The molecule has 168 valence electrons. The summed E-state index contributed by atoms with van der Waals surface area (Å²) in [5.41, 5.74) is 1.02. The molecule has 0 spiro atoms. The molecule has 0 saturated carbocycles. The van der Waals surface area contributed by atoms with Crippen LogP contribution < -0.4 is 15.0 Å².